The predicted octanol–water partition coefficient (Wildman–Crippen LogP) is 0.463. The number of carbonyl (C=O) groups is 1. The first kappa shape index (κ1) is 9.00. The molecular formula is C10H18N2O. The fourth-order valence-corrected chi connectivity index (χ4v) is 2.34. The van der Waals surface area contributed by atoms with Gasteiger partial charge in [0, 0.05) is 31.1 Å². The summed E-state index contributed by atoms with van der Waals surface area (Å²) in [6.07, 6.45) is 0. The number of rotatable bonds is 0. The lowest BCUT2D eigenvalue weighted by Crippen LogP contribution is -2.44. The molecule has 0 spiro atoms. The molecular weight excluding hydrogens is 164 g/mol. The fraction of sp³-hybridized carbons (Fsp3) is 0.900. The standard InChI is InChI=1S/C10H18N2O/c1-10(2,3)12-6-7-4-11-5-8(7)9(12)13/h7-8,11H,4-6H2,1-3H3/t7-,8-/m0/s1. The molecule has 13 heavy (non-hydrogen) atoms. The van der Waals surface area contributed by atoms with E-state index in [1.165, 1.54) is 0 Å². The van der Waals surface area contributed by atoms with Crippen LogP contribution < -0.4 is 5.32 Å². The predicted molar refractivity (Wildman–Crippen MR) is 51.3 cm³/mol. The van der Waals surface area contributed by atoms with Crippen LogP contribution in [0.25, 0.3) is 0 Å². The van der Waals surface area contributed by atoms with Crippen LogP contribution >= 0.6 is 0 Å². The molecule has 2 heterocycles. The summed E-state index contributed by atoms with van der Waals surface area (Å²) in [4.78, 5) is 14.0. The lowest BCUT2D eigenvalue weighted by Gasteiger charge is -2.32. The Morgan fingerprint density at radius 3 is 2.62 bits per heavy atom. The van der Waals surface area contributed by atoms with Crippen LogP contribution in [0.4, 0.5) is 0 Å². The average Bonchev–Trinajstić information content (AvgIpc) is 2.51. The number of hydrogen-bond donors (Lipinski definition) is 1. The van der Waals surface area contributed by atoms with Gasteiger partial charge in [-0.15, -0.1) is 0 Å². The van der Waals surface area contributed by atoms with Gasteiger partial charge in [-0.05, 0) is 20.8 Å². The molecule has 0 unspecified atom stereocenters. The third kappa shape index (κ3) is 1.35. The summed E-state index contributed by atoms with van der Waals surface area (Å²) in [5, 5.41) is 3.28. The second-order valence-corrected chi connectivity index (χ2v) is 5.14. The van der Waals surface area contributed by atoms with E-state index in [1.807, 2.05) is 4.90 Å². The molecule has 0 aromatic rings. The average molecular weight is 182 g/mol. The number of nitrogens with zero attached hydrogens (tertiary/aromatic N) is 1. The molecule has 0 aromatic carbocycles. The molecule has 3 nitrogen and oxygen atoms in total. The molecule has 0 saturated carbocycles. The van der Waals surface area contributed by atoms with E-state index in [-0.39, 0.29) is 11.5 Å². The van der Waals surface area contributed by atoms with E-state index in [2.05, 4.69) is 26.1 Å². The number of nitrogens with one attached hydrogen (secondary N) is 1. The smallest absolute Gasteiger partial charge is 0.227 e. The van der Waals surface area contributed by atoms with Gasteiger partial charge in [0.25, 0.3) is 0 Å². The number of carbonyl (C=O) groups excluding carboxylic acids is 1. The normalized spacial score (nSPS) is 34.1. The Bertz CT molecular complexity index is 232. The van der Waals surface area contributed by atoms with Crippen LogP contribution in [-0.4, -0.2) is 36.0 Å². The SMILES string of the molecule is CC(C)(C)N1C[C@@H]2CNC[C@@H]2C1=O. The van der Waals surface area contributed by atoms with Gasteiger partial charge in [-0.2, -0.15) is 0 Å². The highest BCUT2D eigenvalue weighted by molar-refractivity contribution is 5.82. The second kappa shape index (κ2) is 2.71. The summed E-state index contributed by atoms with van der Waals surface area (Å²) in [7, 11) is 0. The van der Waals surface area contributed by atoms with Crippen LogP contribution in [0.1, 0.15) is 20.8 Å². The van der Waals surface area contributed by atoms with Crippen LogP contribution in [0.5, 0.6) is 0 Å². The van der Waals surface area contributed by atoms with Crippen molar-refractivity contribution in [3.05, 3.63) is 0 Å². The van der Waals surface area contributed by atoms with E-state index in [4.69, 9.17) is 0 Å². The molecule has 1 amide bonds. The van der Waals surface area contributed by atoms with Crippen LogP contribution in [0.2, 0.25) is 0 Å². The first-order valence-electron chi connectivity index (χ1n) is 5.02. The Kier molecular flexibility index (Phi) is 1.88. The zero-order chi connectivity index (χ0) is 9.64. The summed E-state index contributed by atoms with van der Waals surface area (Å²) >= 11 is 0. The topological polar surface area (TPSA) is 32.3 Å². The highest BCUT2D eigenvalue weighted by Gasteiger charge is 2.46. The summed E-state index contributed by atoms with van der Waals surface area (Å²) in [5.41, 5.74) is 0.00141. The Balaban J connectivity index is 2.15. The highest BCUT2D eigenvalue weighted by Crippen LogP contribution is 2.32. The summed E-state index contributed by atoms with van der Waals surface area (Å²) in [5.74, 6) is 1.17. The summed E-state index contributed by atoms with van der Waals surface area (Å²) < 4.78 is 0. The molecule has 74 valence electrons. The van der Waals surface area contributed by atoms with Crippen LogP contribution in [0.15, 0.2) is 0 Å². The first-order valence-corrected chi connectivity index (χ1v) is 5.02. The lowest BCUT2D eigenvalue weighted by atomic mass is 10.0. The third-order valence-electron chi connectivity index (χ3n) is 3.15. The number of likely N-dealkylation sites (tertiary alicyclic amines) is 1. The fourth-order valence-electron chi connectivity index (χ4n) is 2.34. The van der Waals surface area contributed by atoms with Gasteiger partial charge in [-0.25, -0.2) is 0 Å². The molecule has 2 fully saturated rings. The molecule has 0 aromatic heterocycles. The minimum atomic E-state index is 0.00141. The quantitative estimate of drug-likeness (QED) is 0.590. The van der Waals surface area contributed by atoms with Gasteiger partial charge in [0.2, 0.25) is 5.91 Å². The van der Waals surface area contributed by atoms with Crippen LogP contribution in [-0.2, 0) is 4.79 Å². The number of amides is 1. The van der Waals surface area contributed by atoms with Gasteiger partial charge in [0.05, 0.1) is 5.92 Å². The lowest BCUT2D eigenvalue weighted by molar-refractivity contribution is -0.134. The molecule has 0 radical (unpaired) electrons. The molecule has 2 rings (SSSR count). The van der Waals surface area contributed by atoms with E-state index < -0.39 is 0 Å². The molecule has 0 aliphatic carbocycles. The maximum Gasteiger partial charge on any atom is 0.227 e. The van der Waals surface area contributed by atoms with Gasteiger partial charge in [0.15, 0.2) is 0 Å². The van der Waals surface area contributed by atoms with Crippen LogP contribution in [0.3, 0.4) is 0 Å². The van der Waals surface area contributed by atoms with Gasteiger partial charge in [-0.3, -0.25) is 4.79 Å². The van der Waals surface area contributed by atoms with Crippen molar-refractivity contribution >= 4 is 5.91 Å². The van der Waals surface area contributed by atoms with Crippen molar-refractivity contribution in [3.63, 3.8) is 0 Å². The molecule has 2 atom stereocenters. The summed E-state index contributed by atoms with van der Waals surface area (Å²) in [6, 6.07) is 0. The largest absolute Gasteiger partial charge is 0.337 e. The Labute approximate surface area is 79.5 Å². The molecule has 3 heteroatoms. The maximum absolute atomic E-state index is 11.9. The van der Waals surface area contributed by atoms with Gasteiger partial charge in [-0.1, -0.05) is 0 Å². The van der Waals surface area contributed by atoms with Crippen molar-refractivity contribution in [2.24, 2.45) is 11.8 Å². The van der Waals surface area contributed by atoms with E-state index in [1.54, 1.807) is 0 Å². The zero-order valence-corrected chi connectivity index (χ0v) is 8.63. The van der Waals surface area contributed by atoms with Gasteiger partial charge >= 0.3 is 0 Å². The molecule has 1 N–H and O–H groups in total. The van der Waals surface area contributed by atoms with Crippen molar-refractivity contribution in [1.82, 2.24) is 10.2 Å². The van der Waals surface area contributed by atoms with E-state index in [0.29, 0.717) is 11.8 Å². The van der Waals surface area contributed by atoms with Crippen LogP contribution in [0, 0.1) is 11.8 Å². The van der Waals surface area contributed by atoms with Crippen molar-refractivity contribution in [2.75, 3.05) is 19.6 Å². The minimum Gasteiger partial charge on any atom is -0.337 e. The van der Waals surface area contributed by atoms with Crippen molar-refractivity contribution in [3.8, 4) is 0 Å². The molecule has 2 saturated heterocycles. The first-order chi connectivity index (χ1) is 6.00. The van der Waals surface area contributed by atoms with Crippen molar-refractivity contribution < 1.29 is 4.79 Å². The van der Waals surface area contributed by atoms with E-state index >= 15 is 0 Å². The van der Waals surface area contributed by atoms with Crippen molar-refractivity contribution in [1.29, 1.82) is 0 Å². The molecule has 2 aliphatic heterocycles. The zero-order valence-electron chi connectivity index (χ0n) is 8.63. The van der Waals surface area contributed by atoms with E-state index in [0.717, 1.165) is 19.6 Å². The number of fused-ring (bicyclic) bond motifs is 1. The van der Waals surface area contributed by atoms with Gasteiger partial charge in [0.1, 0.15) is 0 Å². The molecule has 0 bridgehead atoms. The Morgan fingerprint density at radius 2 is 2.08 bits per heavy atom. The van der Waals surface area contributed by atoms with Gasteiger partial charge < -0.3 is 10.2 Å². The Hall–Kier alpha value is -0.570. The Morgan fingerprint density at radius 1 is 1.38 bits per heavy atom. The van der Waals surface area contributed by atoms with Crippen molar-refractivity contribution in [2.45, 2.75) is 26.3 Å². The number of hydrogen-bond acceptors (Lipinski definition) is 2. The molecule has 2 aliphatic rings. The second-order valence-electron chi connectivity index (χ2n) is 5.14. The summed E-state index contributed by atoms with van der Waals surface area (Å²) in [6.45, 7) is 9.18. The highest BCUT2D eigenvalue weighted by atomic mass is 16.2. The monoisotopic (exact) mass is 182 g/mol. The maximum atomic E-state index is 11.9. The van der Waals surface area contributed by atoms with E-state index in [9.17, 15) is 4.79 Å². The third-order valence-corrected chi connectivity index (χ3v) is 3.15. The minimum absolute atomic E-state index is 0.00141.